The lowest BCUT2D eigenvalue weighted by Gasteiger charge is -2.23. The van der Waals surface area contributed by atoms with Crippen molar-refractivity contribution in [3.63, 3.8) is 0 Å². The van der Waals surface area contributed by atoms with Crippen LogP contribution in [0.15, 0.2) is 36.4 Å². The van der Waals surface area contributed by atoms with Gasteiger partial charge in [-0.15, -0.1) is 0 Å². The predicted molar refractivity (Wildman–Crippen MR) is 105 cm³/mol. The summed E-state index contributed by atoms with van der Waals surface area (Å²) in [6.45, 7) is 3.56. The van der Waals surface area contributed by atoms with Crippen LogP contribution >= 0.6 is 0 Å². The Balaban J connectivity index is 1.86. The highest BCUT2D eigenvalue weighted by atomic mass is 16.5. The molecule has 3 heteroatoms. The van der Waals surface area contributed by atoms with Crippen LogP contribution in [0.2, 0.25) is 0 Å². The summed E-state index contributed by atoms with van der Waals surface area (Å²) in [4.78, 5) is 0. The highest BCUT2D eigenvalue weighted by molar-refractivity contribution is 5.94. The second-order valence-corrected chi connectivity index (χ2v) is 7.77. The van der Waals surface area contributed by atoms with Gasteiger partial charge in [-0.2, -0.15) is 0 Å². The molecule has 0 atom stereocenters. The summed E-state index contributed by atoms with van der Waals surface area (Å²) in [5.74, 6) is 1.48. The van der Waals surface area contributed by atoms with Gasteiger partial charge < -0.3 is 14.4 Å². The van der Waals surface area contributed by atoms with E-state index in [1.165, 1.54) is 59.8 Å². The number of hydrogen-bond acceptors (Lipinski definition) is 2. The zero-order chi connectivity index (χ0) is 17.7. The van der Waals surface area contributed by atoms with E-state index in [2.05, 4.69) is 35.8 Å². The number of aromatic nitrogens is 1. The monoisotopic (exact) mass is 347 g/mol. The standard InChI is InChI=1S/C23H25NO2/c1-15-10-11-17-19(14-15)24-12-13-26-23-18(8-5-9-20(23)25)22(24)21(17)16-6-3-2-4-7-16/h5,8-11,14,16,25H,2-4,6-7,12-13H2,1H3. The SMILES string of the molecule is Cc1ccc2c(C3CCCCC3)c3n(c2c1)CCOc1c(O)cccc1-3. The molecule has 0 radical (unpaired) electrons. The van der Waals surface area contributed by atoms with Gasteiger partial charge in [0.25, 0.3) is 0 Å². The largest absolute Gasteiger partial charge is 0.504 e. The summed E-state index contributed by atoms with van der Waals surface area (Å²) in [7, 11) is 0. The van der Waals surface area contributed by atoms with E-state index >= 15 is 0 Å². The third-order valence-corrected chi connectivity index (χ3v) is 6.08. The molecule has 0 unspecified atom stereocenters. The smallest absolute Gasteiger partial charge is 0.170 e. The number of nitrogens with zero attached hydrogens (tertiary/aromatic N) is 1. The minimum Gasteiger partial charge on any atom is -0.504 e. The van der Waals surface area contributed by atoms with E-state index in [4.69, 9.17) is 4.74 Å². The number of benzene rings is 2. The van der Waals surface area contributed by atoms with Crippen molar-refractivity contribution in [2.75, 3.05) is 6.61 Å². The molecule has 1 aliphatic carbocycles. The molecule has 1 N–H and O–H groups in total. The lowest BCUT2D eigenvalue weighted by molar-refractivity contribution is 0.293. The molecule has 3 nitrogen and oxygen atoms in total. The van der Waals surface area contributed by atoms with E-state index in [-0.39, 0.29) is 5.75 Å². The first kappa shape index (κ1) is 15.8. The Kier molecular flexibility index (Phi) is 3.70. The third-order valence-electron chi connectivity index (χ3n) is 6.08. The molecule has 1 aromatic heterocycles. The molecule has 0 amide bonds. The minimum atomic E-state index is 0.243. The molecule has 0 spiro atoms. The number of phenolic OH excluding ortho intramolecular Hbond substituents is 1. The van der Waals surface area contributed by atoms with E-state index in [0.29, 0.717) is 18.3 Å². The van der Waals surface area contributed by atoms with E-state index in [0.717, 1.165) is 12.1 Å². The first-order valence-electron chi connectivity index (χ1n) is 9.82. The van der Waals surface area contributed by atoms with Gasteiger partial charge in [-0.05, 0) is 55.0 Å². The molecule has 2 aliphatic rings. The van der Waals surface area contributed by atoms with Crippen molar-refractivity contribution >= 4 is 10.9 Å². The summed E-state index contributed by atoms with van der Waals surface area (Å²) in [6.07, 6.45) is 6.49. The van der Waals surface area contributed by atoms with Crippen LogP contribution in [0.1, 0.15) is 49.1 Å². The van der Waals surface area contributed by atoms with Crippen molar-refractivity contribution in [3.8, 4) is 22.8 Å². The van der Waals surface area contributed by atoms with Crippen LogP contribution in [-0.2, 0) is 6.54 Å². The maximum atomic E-state index is 10.4. The van der Waals surface area contributed by atoms with Crippen LogP contribution in [0.4, 0.5) is 0 Å². The number of aryl methyl sites for hydroxylation is 1. The van der Waals surface area contributed by atoms with E-state index in [9.17, 15) is 5.11 Å². The number of phenols is 1. The van der Waals surface area contributed by atoms with Gasteiger partial charge in [0.05, 0.1) is 12.2 Å². The molecular formula is C23H25NO2. The number of para-hydroxylation sites is 1. The van der Waals surface area contributed by atoms with Gasteiger partial charge >= 0.3 is 0 Å². The molecule has 2 aromatic carbocycles. The lowest BCUT2D eigenvalue weighted by Crippen LogP contribution is -2.07. The van der Waals surface area contributed by atoms with Crippen molar-refractivity contribution in [1.82, 2.24) is 4.57 Å². The Morgan fingerprint density at radius 1 is 1.08 bits per heavy atom. The van der Waals surface area contributed by atoms with E-state index in [1.54, 1.807) is 6.07 Å². The molecule has 0 saturated heterocycles. The van der Waals surface area contributed by atoms with Gasteiger partial charge in [-0.25, -0.2) is 0 Å². The van der Waals surface area contributed by atoms with Gasteiger partial charge in [0.15, 0.2) is 11.5 Å². The van der Waals surface area contributed by atoms with Crippen LogP contribution in [0.25, 0.3) is 22.2 Å². The van der Waals surface area contributed by atoms with Crippen molar-refractivity contribution in [3.05, 3.63) is 47.5 Å². The molecular weight excluding hydrogens is 322 g/mol. The minimum absolute atomic E-state index is 0.243. The van der Waals surface area contributed by atoms with E-state index < -0.39 is 0 Å². The number of aromatic hydroxyl groups is 1. The summed E-state index contributed by atoms with van der Waals surface area (Å²) in [5, 5.41) is 11.8. The lowest BCUT2D eigenvalue weighted by atomic mass is 9.81. The van der Waals surface area contributed by atoms with E-state index in [1.807, 2.05) is 6.07 Å². The number of rotatable bonds is 1. The van der Waals surface area contributed by atoms with Gasteiger partial charge in [0.1, 0.15) is 6.61 Å². The van der Waals surface area contributed by atoms with Crippen LogP contribution in [0.5, 0.6) is 11.5 Å². The second-order valence-electron chi connectivity index (χ2n) is 7.77. The zero-order valence-corrected chi connectivity index (χ0v) is 15.3. The maximum Gasteiger partial charge on any atom is 0.170 e. The molecule has 1 fully saturated rings. The first-order chi connectivity index (χ1) is 12.7. The summed E-state index contributed by atoms with van der Waals surface area (Å²) < 4.78 is 8.40. The zero-order valence-electron chi connectivity index (χ0n) is 15.3. The topological polar surface area (TPSA) is 34.4 Å². The Hall–Kier alpha value is -2.42. The number of hydrogen-bond donors (Lipinski definition) is 1. The van der Waals surface area contributed by atoms with Gasteiger partial charge in [-0.1, -0.05) is 37.5 Å². The van der Waals surface area contributed by atoms with Crippen molar-refractivity contribution in [1.29, 1.82) is 0 Å². The van der Waals surface area contributed by atoms with Crippen molar-refractivity contribution < 1.29 is 9.84 Å². The average molecular weight is 347 g/mol. The van der Waals surface area contributed by atoms with Gasteiger partial charge in [0, 0.05) is 16.5 Å². The van der Waals surface area contributed by atoms with Gasteiger partial charge in [-0.3, -0.25) is 0 Å². The van der Waals surface area contributed by atoms with Crippen molar-refractivity contribution in [2.45, 2.75) is 51.5 Å². The first-order valence-corrected chi connectivity index (χ1v) is 9.82. The van der Waals surface area contributed by atoms with Gasteiger partial charge in [0.2, 0.25) is 0 Å². The fourth-order valence-electron chi connectivity index (χ4n) is 4.92. The Bertz CT molecular complexity index is 980. The second kappa shape index (κ2) is 6.08. The quantitative estimate of drug-likeness (QED) is 0.607. The molecule has 1 saturated carbocycles. The molecule has 134 valence electrons. The van der Waals surface area contributed by atoms with Crippen LogP contribution in [0, 0.1) is 6.92 Å². The fraction of sp³-hybridized carbons (Fsp3) is 0.391. The van der Waals surface area contributed by atoms with Crippen LogP contribution in [-0.4, -0.2) is 16.3 Å². The molecule has 0 bridgehead atoms. The fourth-order valence-corrected chi connectivity index (χ4v) is 4.92. The highest BCUT2D eigenvalue weighted by Crippen LogP contribution is 2.48. The molecule has 2 heterocycles. The van der Waals surface area contributed by atoms with Crippen molar-refractivity contribution in [2.24, 2.45) is 0 Å². The molecule has 26 heavy (non-hydrogen) atoms. The highest BCUT2D eigenvalue weighted by Gasteiger charge is 2.29. The Morgan fingerprint density at radius 2 is 1.92 bits per heavy atom. The average Bonchev–Trinajstić information content (AvgIpc) is 2.83. The summed E-state index contributed by atoms with van der Waals surface area (Å²) >= 11 is 0. The summed E-state index contributed by atoms with van der Waals surface area (Å²) in [6, 6.07) is 12.6. The number of ether oxygens (including phenoxy) is 1. The molecule has 5 rings (SSSR count). The Morgan fingerprint density at radius 3 is 2.77 bits per heavy atom. The molecule has 1 aliphatic heterocycles. The molecule has 3 aromatic rings. The Labute approximate surface area is 154 Å². The van der Waals surface area contributed by atoms with Crippen LogP contribution in [0.3, 0.4) is 0 Å². The maximum absolute atomic E-state index is 10.4. The van der Waals surface area contributed by atoms with Crippen LogP contribution < -0.4 is 4.74 Å². The normalized spacial score (nSPS) is 17.4. The number of fused-ring (bicyclic) bond motifs is 5. The third kappa shape index (κ3) is 2.33. The summed E-state index contributed by atoms with van der Waals surface area (Å²) in [5.41, 5.74) is 6.37. The predicted octanol–water partition coefficient (Wildman–Crippen LogP) is 5.76.